The molecule has 1 aromatic rings. The van der Waals surface area contributed by atoms with Gasteiger partial charge in [0, 0.05) is 26.9 Å². The van der Waals surface area contributed by atoms with Gasteiger partial charge in [-0.2, -0.15) is 4.31 Å². The molecule has 1 heterocycles. The maximum Gasteiger partial charge on any atom is 0.266 e. The van der Waals surface area contributed by atoms with E-state index in [-0.39, 0.29) is 23.0 Å². The second-order valence-electron chi connectivity index (χ2n) is 4.12. The highest BCUT2D eigenvalue weighted by atomic mass is 35.5. The highest BCUT2D eigenvalue weighted by Crippen LogP contribution is 2.14. The van der Waals surface area contributed by atoms with Gasteiger partial charge < -0.3 is 15.0 Å². The Morgan fingerprint density at radius 3 is 2.76 bits per heavy atom. The number of H-pyrrole nitrogens is 1. The fourth-order valence-electron chi connectivity index (χ4n) is 1.40. The Morgan fingerprint density at radius 1 is 1.52 bits per heavy atom. The normalized spacial score (nSPS) is 11.6. The van der Waals surface area contributed by atoms with E-state index in [1.165, 1.54) is 14.2 Å². The van der Waals surface area contributed by atoms with Gasteiger partial charge in [-0.05, 0) is 6.07 Å². The number of likely N-dealkylation sites (N-methyl/N-ethyl adjacent to an activating group) is 1. The molecule has 0 saturated carbocycles. The lowest BCUT2D eigenvalue weighted by atomic mass is 10.5. The van der Waals surface area contributed by atoms with Crippen LogP contribution in [0.4, 0.5) is 0 Å². The maximum absolute atomic E-state index is 12.2. The first-order chi connectivity index (χ1) is 9.78. The van der Waals surface area contributed by atoms with Crippen LogP contribution in [-0.2, 0) is 19.6 Å². The third-order valence-corrected chi connectivity index (χ3v) is 4.60. The summed E-state index contributed by atoms with van der Waals surface area (Å²) in [6.45, 7) is 0.258. The molecule has 1 amide bonds. The number of methoxy groups -OCH3 is 1. The average molecular weight is 338 g/mol. The third-order valence-electron chi connectivity index (χ3n) is 2.53. The van der Waals surface area contributed by atoms with Gasteiger partial charge in [0.25, 0.3) is 5.56 Å². The van der Waals surface area contributed by atoms with Gasteiger partial charge in [0.1, 0.15) is 5.02 Å². The van der Waals surface area contributed by atoms with Crippen LogP contribution >= 0.6 is 11.6 Å². The number of nitrogens with zero attached hydrogens (tertiary/aromatic N) is 1. The zero-order chi connectivity index (χ0) is 16.0. The van der Waals surface area contributed by atoms with Crippen LogP contribution in [0.15, 0.2) is 22.0 Å². The molecule has 0 fully saturated rings. The number of aromatic amines is 1. The van der Waals surface area contributed by atoms with Crippen LogP contribution in [0.25, 0.3) is 0 Å². The Kier molecular flexibility index (Phi) is 6.34. The van der Waals surface area contributed by atoms with Gasteiger partial charge in [-0.1, -0.05) is 11.6 Å². The van der Waals surface area contributed by atoms with E-state index in [0.29, 0.717) is 6.61 Å². The van der Waals surface area contributed by atoms with Gasteiger partial charge in [0.15, 0.2) is 0 Å². The van der Waals surface area contributed by atoms with Crippen LogP contribution in [0.3, 0.4) is 0 Å². The van der Waals surface area contributed by atoms with Crippen molar-refractivity contribution < 1.29 is 17.9 Å². The summed E-state index contributed by atoms with van der Waals surface area (Å²) in [7, 11) is -1.17. The molecule has 21 heavy (non-hydrogen) atoms. The van der Waals surface area contributed by atoms with Gasteiger partial charge >= 0.3 is 0 Å². The number of amides is 1. The Hall–Kier alpha value is -1.42. The predicted octanol–water partition coefficient (Wildman–Crippen LogP) is -0.589. The van der Waals surface area contributed by atoms with Crippen molar-refractivity contribution in [2.75, 3.05) is 33.9 Å². The first-order valence-electron chi connectivity index (χ1n) is 5.89. The Balaban J connectivity index is 2.79. The van der Waals surface area contributed by atoms with Crippen molar-refractivity contribution in [2.24, 2.45) is 0 Å². The van der Waals surface area contributed by atoms with Gasteiger partial charge in [-0.3, -0.25) is 9.59 Å². The van der Waals surface area contributed by atoms with Gasteiger partial charge in [0.05, 0.1) is 18.0 Å². The van der Waals surface area contributed by atoms with Crippen molar-refractivity contribution in [1.82, 2.24) is 14.6 Å². The monoisotopic (exact) mass is 337 g/mol. The van der Waals surface area contributed by atoms with E-state index in [2.05, 4.69) is 10.3 Å². The van der Waals surface area contributed by atoms with Crippen molar-refractivity contribution in [2.45, 2.75) is 4.90 Å². The number of aromatic nitrogens is 1. The predicted molar refractivity (Wildman–Crippen MR) is 76.8 cm³/mol. The second-order valence-corrected chi connectivity index (χ2v) is 6.57. The highest BCUT2D eigenvalue weighted by molar-refractivity contribution is 7.89. The van der Waals surface area contributed by atoms with E-state index in [9.17, 15) is 18.0 Å². The summed E-state index contributed by atoms with van der Waals surface area (Å²) in [5.41, 5.74) is -0.587. The van der Waals surface area contributed by atoms with Crippen LogP contribution in [0, 0.1) is 0 Å². The molecule has 0 bridgehead atoms. The summed E-state index contributed by atoms with van der Waals surface area (Å²) in [4.78, 5) is 24.7. The molecule has 10 heteroatoms. The Bertz CT molecular complexity index is 658. The number of hydrogen-bond donors (Lipinski definition) is 2. The van der Waals surface area contributed by atoms with E-state index >= 15 is 0 Å². The molecule has 2 N–H and O–H groups in total. The number of ether oxygens (including phenoxy) is 1. The van der Waals surface area contributed by atoms with Gasteiger partial charge in [0.2, 0.25) is 15.9 Å². The molecule has 1 aromatic heterocycles. The molecular formula is C11H16ClN3O5S. The van der Waals surface area contributed by atoms with Crippen molar-refractivity contribution in [1.29, 1.82) is 0 Å². The Morgan fingerprint density at radius 2 is 2.19 bits per heavy atom. The number of hydrogen-bond acceptors (Lipinski definition) is 5. The van der Waals surface area contributed by atoms with Crippen LogP contribution < -0.4 is 10.9 Å². The van der Waals surface area contributed by atoms with Gasteiger partial charge in [-0.25, -0.2) is 8.42 Å². The lowest BCUT2D eigenvalue weighted by Gasteiger charge is -2.16. The first-order valence-corrected chi connectivity index (χ1v) is 7.71. The van der Waals surface area contributed by atoms with E-state index in [4.69, 9.17) is 16.3 Å². The molecule has 0 aliphatic carbocycles. The number of nitrogens with one attached hydrogen (secondary N) is 2. The molecular weight excluding hydrogens is 322 g/mol. The minimum absolute atomic E-state index is 0.195. The zero-order valence-corrected chi connectivity index (χ0v) is 13.1. The highest BCUT2D eigenvalue weighted by Gasteiger charge is 2.23. The SMILES string of the molecule is COCCNC(=O)CN(C)S(=O)(=O)c1c[nH]c(=O)c(Cl)c1. The summed E-state index contributed by atoms with van der Waals surface area (Å²) in [6.07, 6.45) is 1.03. The minimum atomic E-state index is -3.92. The van der Waals surface area contributed by atoms with Gasteiger partial charge in [-0.15, -0.1) is 0 Å². The zero-order valence-electron chi connectivity index (χ0n) is 11.6. The van der Waals surface area contributed by atoms with E-state index < -0.39 is 21.5 Å². The average Bonchev–Trinajstić information content (AvgIpc) is 2.41. The van der Waals surface area contributed by atoms with E-state index in [1.807, 2.05) is 0 Å². The number of carbonyl (C=O) groups excluding carboxylic acids is 1. The van der Waals surface area contributed by atoms with Crippen LogP contribution in [0.1, 0.15) is 0 Å². The molecule has 0 radical (unpaired) electrons. The van der Waals surface area contributed by atoms with E-state index in [1.54, 1.807) is 0 Å². The topological polar surface area (TPSA) is 109 Å². The number of rotatable bonds is 7. The first kappa shape index (κ1) is 17.6. The summed E-state index contributed by atoms with van der Waals surface area (Å²) in [6, 6.07) is 1.04. The van der Waals surface area contributed by atoms with Crippen LogP contribution in [0.2, 0.25) is 5.02 Å². The van der Waals surface area contributed by atoms with Crippen molar-refractivity contribution in [3.8, 4) is 0 Å². The van der Waals surface area contributed by atoms with Crippen LogP contribution in [0.5, 0.6) is 0 Å². The standard InChI is InChI=1S/C11H16ClN3O5S/c1-15(7-10(16)13-3-4-20-2)21(18,19)8-5-9(12)11(17)14-6-8/h5-6H,3-4,7H2,1-2H3,(H,13,16)(H,14,17). The second kappa shape index (κ2) is 7.55. The number of sulfonamides is 1. The summed E-state index contributed by atoms with van der Waals surface area (Å²) < 4.78 is 30.0. The number of carbonyl (C=O) groups is 1. The fourth-order valence-corrected chi connectivity index (χ4v) is 2.76. The third kappa shape index (κ3) is 4.81. The Labute approximate surface area is 127 Å². The molecule has 0 atom stereocenters. The molecule has 1 rings (SSSR count). The summed E-state index contributed by atoms with van der Waals surface area (Å²) in [5.74, 6) is -0.464. The number of halogens is 1. The molecule has 0 aliphatic rings. The fraction of sp³-hybridized carbons (Fsp3) is 0.455. The lowest BCUT2D eigenvalue weighted by Crippen LogP contribution is -2.39. The quantitative estimate of drug-likeness (QED) is 0.646. The minimum Gasteiger partial charge on any atom is -0.383 e. The number of pyridine rings is 1. The van der Waals surface area contributed by atoms with Crippen LogP contribution in [-0.4, -0.2) is 57.5 Å². The van der Waals surface area contributed by atoms with E-state index in [0.717, 1.165) is 16.6 Å². The van der Waals surface area contributed by atoms with Crippen molar-refractivity contribution >= 4 is 27.5 Å². The summed E-state index contributed by atoms with van der Waals surface area (Å²) >= 11 is 5.59. The lowest BCUT2D eigenvalue weighted by molar-refractivity contribution is -0.121. The summed E-state index contributed by atoms with van der Waals surface area (Å²) in [5, 5.41) is 2.26. The molecule has 0 spiro atoms. The smallest absolute Gasteiger partial charge is 0.266 e. The molecule has 0 unspecified atom stereocenters. The molecule has 118 valence electrons. The molecule has 0 saturated heterocycles. The van der Waals surface area contributed by atoms with Crippen molar-refractivity contribution in [3.63, 3.8) is 0 Å². The maximum atomic E-state index is 12.2. The van der Waals surface area contributed by atoms with Crippen molar-refractivity contribution in [3.05, 3.63) is 27.6 Å². The largest absolute Gasteiger partial charge is 0.383 e. The molecule has 8 nitrogen and oxygen atoms in total. The molecule has 0 aliphatic heterocycles. The molecule has 0 aromatic carbocycles.